The summed E-state index contributed by atoms with van der Waals surface area (Å²) >= 11 is 0. The minimum atomic E-state index is -0.0826. The molecule has 3 atom stereocenters. The van der Waals surface area contributed by atoms with E-state index in [9.17, 15) is 4.79 Å². The van der Waals surface area contributed by atoms with Crippen molar-refractivity contribution < 1.29 is 9.90 Å². The third-order valence-corrected chi connectivity index (χ3v) is 3.46. The lowest BCUT2D eigenvalue weighted by Gasteiger charge is -2.21. The molecule has 0 radical (unpaired) electrons. The summed E-state index contributed by atoms with van der Waals surface area (Å²) in [6.45, 7) is 6.39. The smallest absolute Gasteiger partial charge is 0.315 e. The zero-order valence-corrected chi connectivity index (χ0v) is 11.2. The van der Waals surface area contributed by atoms with Crippen LogP contribution in [0.4, 0.5) is 4.79 Å². The molecule has 0 spiro atoms. The molecule has 0 heterocycles. The number of carbonyl (C=O) groups is 1. The summed E-state index contributed by atoms with van der Waals surface area (Å²) in [4.78, 5) is 11.7. The van der Waals surface area contributed by atoms with Crippen LogP contribution in [-0.2, 0) is 0 Å². The Morgan fingerprint density at radius 2 is 2.18 bits per heavy atom. The van der Waals surface area contributed by atoms with E-state index < -0.39 is 0 Å². The van der Waals surface area contributed by atoms with Gasteiger partial charge in [-0.25, -0.2) is 4.79 Å². The standard InChI is InChI=1S/C13H26N2O2/c1-4-5-10-8-12(10)15-13(17)14-11(6-7-16)9(2)3/h9-12,16H,4-8H2,1-3H3,(H2,14,15,17). The van der Waals surface area contributed by atoms with Crippen LogP contribution < -0.4 is 10.6 Å². The molecule has 3 N–H and O–H groups in total. The van der Waals surface area contributed by atoms with Crippen molar-refractivity contribution in [2.24, 2.45) is 11.8 Å². The quantitative estimate of drug-likeness (QED) is 0.638. The first-order valence-corrected chi connectivity index (χ1v) is 6.76. The summed E-state index contributed by atoms with van der Waals surface area (Å²) in [5.41, 5.74) is 0. The summed E-state index contributed by atoms with van der Waals surface area (Å²) < 4.78 is 0. The van der Waals surface area contributed by atoms with E-state index in [2.05, 4.69) is 31.4 Å². The molecular weight excluding hydrogens is 216 g/mol. The number of nitrogens with one attached hydrogen (secondary N) is 2. The summed E-state index contributed by atoms with van der Waals surface area (Å²) in [5, 5.41) is 14.9. The van der Waals surface area contributed by atoms with Crippen LogP contribution in [0.15, 0.2) is 0 Å². The van der Waals surface area contributed by atoms with Gasteiger partial charge in [0.2, 0.25) is 0 Å². The van der Waals surface area contributed by atoms with Gasteiger partial charge in [-0.3, -0.25) is 0 Å². The highest BCUT2D eigenvalue weighted by Gasteiger charge is 2.37. The van der Waals surface area contributed by atoms with E-state index in [0.29, 0.717) is 24.3 Å². The van der Waals surface area contributed by atoms with Crippen molar-refractivity contribution >= 4 is 6.03 Å². The van der Waals surface area contributed by atoms with E-state index in [-0.39, 0.29) is 18.7 Å². The van der Waals surface area contributed by atoms with E-state index in [1.807, 2.05) is 0 Å². The number of hydrogen-bond acceptors (Lipinski definition) is 2. The molecule has 0 saturated heterocycles. The largest absolute Gasteiger partial charge is 0.396 e. The predicted molar refractivity (Wildman–Crippen MR) is 68.8 cm³/mol. The molecule has 100 valence electrons. The first-order chi connectivity index (χ1) is 8.08. The Kier molecular flexibility index (Phi) is 5.75. The zero-order chi connectivity index (χ0) is 12.8. The SMILES string of the molecule is CCCC1CC1NC(=O)NC(CCO)C(C)C. The van der Waals surface area contributed by atoms with E-state index in [0.717, 1.165) is 6.42 Å². The monoisotopic (exact) mass is 242 g/mol. The minimum absolute atomic E-state index is 0.0587. The number of carbonyl (C=O) groups excluding carboxylic acids is 1. The summed E-state index contributed by atoms with van der Waals surface area (Å²) in [7, 11) is 0. The fourth-order valence-corrected chi connectivity index (χ4v) is 2.20. The third-order valence-electron chi connectivity index (χ3n) is 3.46. The van der Waals surface area contributed by atoms with Crippen LogP contribution in [0.2, 0.25) is 0 Å². The summed E-state index contributed by atoms with van der Waals surface area (Å²) in [6.07, 6.45) is 4.13. The highest BCUT2D eigenvalue weighted by molar-refractivity contribution is 5.75. The Morgan fingerprint density at radius 3 is 2.71 bits per heavy atom. The first-order valence-electron chi connectivity index (χ1n) is 6.76. The summed E-state index contributed by atoms with van der Waals surface area (Å²) in [6, 6.07) is 0.348. The van der Waals surface area contributed by atoms with E-state index >= 15 is 0 Å². The number of rotatable bonds is 7. The van der Waals surface area contributed by atoms with Crippen molar-refractivity contribution in [1.82, 2.24) is 10.6 Å². The lowest BCUT2D eigenvalue weighted by molar-refractivity contribution is 0.218. The molecule has 1 aliphatic carbocycles. The number of aliphatic hydroxyl groups is 1. The Hall–Kier alpha value is -0.770. The molecule has 3 unspecified atom stereocenters. The predicted octanol–water partition coefficient (Wildman–Crippen LogP) is 1.88. The van der Waals surface area contributed by atoms with Crippen LogP contribution in [0.3, 0.4) is 0 Å². The Balaban J connectivity index is 2.24. The van der Waals surface area contributed by atoms with Crippen LogP contribution in [0.5, 0.6) is 0 Å². The van der Waals surface area contributed by atoms with Crippen molar-refractivity contribution in [2.75, 3.05) is 6.61 Å². The van der Waals surface area contributed by atoms with Gasteiger partial charge < -0.3 is 15.7 Å². The van der Waals surface area contributed by atoms with Crippen molar-refractivity contribution in [3.63, 3.8) is 0 Å². The molecule has 4 heteroatoms. The average Bonchev–Trinajstić information content (AvgIpc) is 2.96. The Bertz CT molecular complexity index is 244. The molecule has 17 heavy (non-hydrogen) atoms. The second kappa shape index (κ2) is 6.84. The molecular formula is C13H26N2O2. The topological polar surface area (TPSA) is 61.4 Å². The van der Waals surface area contributed by atoms with Crippen LogP contribution >= 0.6 is 0 Å². The lowest BCUT2D eigenvalue weighted by Crippen LogP contribution is -2.45. The molecule has 0 aromatic carbocycles. The molecule has 0 aromatic rings. The molecule has 4 nitrogen and oxygen atoms in total. The van der Waals surface area contributed by atoms with Crippen molar-refractivity contribution in [3.05, 3.63) is 0 Å². The minimum Gasteiger partial charge on any atom is -0.396 e. The molecule has 0 aliphatic heterocycles. The third kappa shape index (κ3) is 4.94. The van der Waals surface area contributed by atoms with Crippen LogP contribution in [0.25, 0.3) is 0 Å². The molecule has 1 rings (SSSR count). The second-order valence-electron chi connectivity index (χ2n) is 5.37. The van der Waals surface area contributed by atoms with E-state index in [4.69, 9.17) is 5.11 Å². The van der Waals surface area contributed by atoms with Gasteiger partial charge in [-0.1, -0.05) is 27.2 Å². The van der Waals surface area contributed by atoms with Crippen molar-refractivity contribution in [1.29, 1.82) is 0 Å². The van der Waals surface area contributed by atoms with Crippen molar-refractivity contribution in [3.8, 4) is 0 Å². The van der Waals surface area contributed by atoms with Gasteiger partial charge in [-0.05, 0) is 31.1 Å². The average molecular weight is 242 g/mol. The fraction of sp³-hybridized carbons (Fsp3) is 0.923. The molecule has 2 amide bonds. The van der Waals surface area contributed by atoms with E-state index in [1.54, 1.807) is 0 Å². The lowest BCUT2D eigenvalue weighted by atomic mass is 10.0. The van der Waals surface area contributed by atoms with Gasteiger partial charge in [0.15, 0.2) is 0 Å². The Labute approximate surface area is 104 Å². The fourth-order valence-electron chi connectivity index (χ4n) is 2.20. The number of hydrogen-bond donors (Lipinski definition) is 3. The number of aliphatic hydroxyl groups excluding tert-OH is 1. The zero-order valence-electron chi connectivity index (χ0n) is 11.2. The molecule has 1 saturated carbocycles. The first kappa shape index (κ1) is 14.3. The van der Waals surface area contributed by atoms with Gasteiger partial charge in [-0.15, -0.1) is 0 Å². The van der Waals surface area contributed by atoms with Gasteiger partial charge in [0.1, 0.15) is 0 Å². The second-order valence-corrected chi connectivity index (χ2v) is 5.37. The molecule has 0 bridgehead atoms. The molecule has 0 aromatic heterocycles. The highest BCUT2D eigenvalue weighted by Crippen LogP contribution is 2.34. The van der Waals surface area contributed by atoms with Crippen molar-refractivity contribution in [2.45, 2.75) is 58.5 Å². The van der Waals surface area contributed by atoms with Gasteiger partial charge in [0, 0.05) is 18.7 Å². The van der Waals surface area contributed by atoms with Crippen LogP contribution in [0, 0.1) is 11.8 Å². The van der Waals surface area contributed by atoms with E-state index in [1.165, 1.54) is 12.8 Å². The Morgan fingerprint density at radius 1 is 1.47 bits per heavy atom. The van der Waals surface area contributed by atoms with Gasteiger partial charge >= 0.3 is 6.03 Å². The van der Waals surface area contributed by atoms with Crippen LogP contribution in [-0.4, -0.2) is 29.8 Å². The maximum absolute atomic E-state index is 11.7. The van der Waals surface area contributed by atoms with Gasteiger partial charge in [-0.2, -0.15) is 0 Å². The highest BCUT2D eigenvalue weighted by atomic mass is 16.3. The van der Waals surface area contributed by atoms with Gasteiger partial charge in [0.05, 0.1) is 0 Å². The molecule has 1 fully saturated rings. The number of urea groups is 1. The number of amides is 2. The normalized spacial score (nSPS) is 24.5. The van der Waals surface area contributed by atoms with Crippen LogP contribution in [0.1, 0.15) is 46.5 Å². The molecule has 1 aliphatic rings. The summed E-state index contributed by atoms with van der Waals surface area (Å²) in [5.74, 6) is 1.03. The maximum atomic E-state index is 11.7. The maximum Gasteiger partial charge on any atom is 0.315 e. The van der Waals surface area contributed by atoms with Gasteiger partial charge in [0.25, 0.3) is 0 Å².